The molecule has 0 saturated carbocycles. The molecule has 0 N–H and O–H groups in total. The lowest BCUT2D eigenvalue weighted by molar-refractivity contribution is -0.506. The van der Waals surface area contributed by atoms with Gasteiger partial charge >= 0.3 is 12.0 Å². The average Bonchev–Trinajstić information content (AvgIpc) is 1.87. The monoisotopic (exact) mass is 147 g/mol. The summed E-state index contributed by atoms with van der Waals surface area (Å²) in [4.78, 5) is 19.8. The molecule has 0 rings (SSSR count). The smallest absolute Gasteiger partial charge is 0.381 e. The summed E-state index contributed by atoms with van der Waals surface area (Å²) in [6, 6.07) is -1.25. The molecule has 0 fully saturated rings. The third-order valence-corrected chi connectivity index (χ3v) is 0.944. The van der Waals surface area contributed by atoms with Gasteiger partial charge in [0.15, 0.2) is 0 Å². The van der Waals surface area contributed by atoms with Gasteiger partial charge in [-0.2, -0.15) is 0 Å². The second-order valence-electron chi connectivity index (χ2n) is 1.71. The zero-order chi connectivity index (χ0) is 8.15. The van der Waals surface area contributed by atoms with Crippen LogP contribution in [-0.4, -0.2) is 23.5 Å². The van der Waals surface area contributed by atoms with Crippen LogP contribution < -0.4 is 0 Å². The topological polar surface area (TPSA) is 69.4 Å². The van der Waals surface area contributed by atoms with Gasteiger partial charge in [-0.05, 0) is 6.92 Å². The molecule has 0 radical (unpaired) electrons. The summed E-state index contributed by atoms with van der Waals surface area (Å²) < 4.78 is 4.38. The van der Waals surface area contributed by atoms with Gasteiger partial charge in [-0.25, -0.2) is 4.79 Å². The highest BCUT2D eigenvalue weighted by Gasteiger charge is 2.24. The summed E-state index contributed by atoms with van der Waals surface area (Å²) >= 11 is 0. The standard InChI is InChI=1S/C5H9NO4/c1-3-10-5(7)4(2)6(8)9/h4H,3H2,1-2H3/t4-/m0/s1. The van der Waals surface area contributed by atoms with Crippen molar-refractivity contribution in [3.8, 4) is 0 Å². The van der Waals surface area contributed by atoms with Crippen molar-refractivity contribution in [2.75, 3.05) is 6.61 Å². The highest BCUT2D eigenvalue weighted by atomic mass is 16.6. The second kappa shape index (κ2) is 3.81. The molecular weight excluding hydrogens is 138 g/mol. The van der Waals surface area contributed by atoms with Gasteiger partial charge in [-0.15, -0.1) is 0 Å². The van der Waals surface area contributed by atoms with Crippen molar-refractivity contribution in [2.45, 2.75) is 19.9 Å². The molecule has 10 heavy (non-hydrogen) atoms. The molecule has 0 aromatic carbocycles. The van der Waals surface area contributed by atoms with Crippen molar-refractivity contribution in [3.63, 3.8) is 0 Å². The average molecular weight is 147 g/mol. The van der Waals surface area contributed by atoms with Gasteiger partial charge in [0.1, 0.15) is 0 Å². The summed E-state index contributed by atoms with van der Waals surface area (Å²) in [5, 5.41) is 9.92. The van der Waals surface area contributed by atoms with Crippen molar-refractivity contribution in [1.82, 2.24) is 0 Å². The minimum absolute atomic E-state index is 0.178. The molecular formula is C5H9NO4. The minimum Gasteiger partial charge on any atom is -0.461 e. The Morgan fingerprint density at radius 2 is 2.30 bits per heavy atom. The molecule has 0 aromatic rings. The first-order valence-electron chi connectivity index (χ1n) is 2.89. The van der Waals surface area contributed by atoms with E-state index in [1.807, 2.05) is 0 Å². The summed E-state index contributed by atoms with van der Waals surface area (Å²) in [6.07, 6.45) is 0. The molecule has 0 spiro atoms. The number of hydrogen-bond donors (Lipinski definition) is 0. The highest BCUT2D eigenvalue weighted by molar-refractivity contribution is 5.73. The molecule has 1 atom stereocenters. The maximum Gasteiger partial charge on any atom is 0.381 e. The van der Waals surface area contributed by atoms with E-state index in [-0.39, 0.29) is 6.61 Å². The first-order chi connectivity index (χ1) is 4.59. The van der Waals surface area contributed by atoms with E-state index in [1.54, 1.807) is 6.92 Å². The van der Waals surface area contributed by atoms with Gasteiger partial charge in [-0.1, -0.05) is 0 Å². The number of ether oxygens (including phenoxy) is 1. The predicted molar refractivity (Wildman–Crippen MR) is 33.1 cm³/mol. The number of hydrogen-bond acceptors (Lipinski definition) is 4. The lowest BCUT2D eigenvalue weighted by Gasteiger charge is -2.01. The van der Waals surface area contributed by atoms with E-state index in [0.717, 1.165) is 0 Å². The molecule has 0 saturated heterocycles. The maximum atomic E-state index is 10.5. The molecule has 5 nitrogen and oxygen atoms in total. The van der Waals surface area contributed by atoms with Crippen LogP contribution in [0.1, 0.15) is 13.8 Å². The van der Waals surface area contributed by atoms with Crippen LogP contribution in [-0.2, 0) is 9.53 Å². The SMILES string of the molecule is CCOC(=O)[C@H](C)[N+](=O)[O-]. The van der Waals surface area contributed by atoms with Crippen LogP contribution >= 0.6 is 0 Å². The Kier molecular flexibility index (Phi) is 3.38. The van der Waals surface area contributed by atoms with Gasteiger partial charge in [-0.3, -0.25) is 10.1 Å². The summed E-state index contributed by atoms with van der Waals surface area (Å²) in [5.41, 5.74) is 0. The Morgan fingerprint density at radius 1 is 1.80 bits per heavy atom. The van der Waals surface area contributed by atoms with Crippen molar-refractivity contribution in [1.29, 1.82) is 0 Å². The molecule has 0 aliphatic heterocycles. The predicted octanol–water partition coefficient (Wildman–Crippen LogP) is 0.215. The Labute approximate surface area is 58.1 Å². The Balaban J connectivity index is 3.82. The number of nitro groups is 1. The van der Waals surface area contributed by atoms with Crippen LogP contribution in [0.3, 0.4) is 0 Å². The van der Waals surface area contributed by atoms with E-state index in [2.05, 4.69) is 4.74 Å². The first-order valence-corrected chi connectivity index (χ1v) is 2.89. The van der Waals surface area contributed by atoms with Crippen LogP contribution in [0.2, 0.25) is 0 Å². The number of rotatable bonds is 3. The van der Waals surface area contributed by atoms with Gasteiger partial charge < -0.3 is 4.74 Å². The first kappa shape index (κ1) is 8.87. The van der Waals surface area contributed by atoms with E-state index in [9.17, 15) is 14.9 Å². The van der Waals surface area contributed by atoms with Crippen molar-refractivity contribution >= 4 is 5.97 Å². The molecule has 0 unspecified atom stereocenters. The molecule has 0 bridgehead atoms. The fourth-order valence-electron chi connectivity index (χ4n) is 0.349. The van der Waals surface area contributed by atoms with Gasteiger partial charge in [0, 0.05) is 11.8 Å². The molecule has 0 amide bonds. The second-order valence-corrected chi connectivity index (χ2v) is 1.71. The largest absolute Gasteiger partial charge is 0.461 e. The number of carbonyl (C=O) groups is 1. The Hall–Kier alpha value is -1.13. The lowest BCUT2D eigenvalue weighted by Crippen LogP contribution is -2.27. The van der Waals surface area contributed by atoms with Gasteiger partial charge in [0.25, 0.3) is 0 Å². The van der Waals surface area contributed by atoms with Crippen LogP contribution in [0.4, 0.5) is 0 Å². The molecule has 5 heteroatoms. The van der Waals surface area contributed by atoms with Gasteiger partial charge in [0.2, 0.25) is 0 Å². The quantitative estimate of drug-likeness (QED) is 0.325. The Morgan fingerprint density at radius 3 is 2.60 bits per heavy atom. The summed E-state index contributed by atoms with van der Waals surface area (Å²) in [5.74, 6) is -0.785. The molecule has 0 aliphatic rings. The van der Waals surface area contributed by atoms with E-state index in [1.165, 1.54) is 6.92 Å². The van der Waals surface area contributed by atoms with E-state index >= 15 is 0 Å². The van der Waals surface area contributed by atoms with Crippen LogP contribution in [0.5, 0.6) is 0 Å². The van der Waals surface area contributed by atoms with Crippen molar-refractivity contribution in [2.24, 2.45) is 0 Å². The van der Waals surface area contributed by atoms with Crippen molar-refractivity contribution < 1.29 is 14.5 Å². The zero-order valence-corrected chi connectivity index (χ0v) is 5.86. The van der Waals surface area contributed by atoms with Crippen LogP contribution in [0.25, 0.3) is 0 Å². The molecule has 0 heterocycles. The van der Waals surface area contributed by atoms with Crippen LogP contribution in [0.15, 0.2) is 0 Å². The third-order valence-electron chi connectivity index (χ3n) is 0.944. The van der Waals surface area contributed by atoms with E-state index in [0.29, 0.717) is 0 Å². The third kappa shape index (κ3) is 2.43. The lowest BCUT2D eigenvalue weighted by atomic mass is 10.4. The molecule has 0 aromatic heterocycles. The fraction of sp³-hybridized carbons (Fsp3) is 0.800. The van der Waals surface area contributed by atoms with E-state index < -0.39 is 16.9 Å². The zero-order valence-electron chi connectivity index (χ0n) is 5.86. The Bertz CT molecular complexity index is 145. The van der Waals surface area contributed by atoms with Gasteiger partial charge in [0.05, 0.1) is 6.61 Å². The summed E-state index contributed by atoms with van der Waals surface area (Å²) in [6.45, 7) is 2.97. The number of carbonyl (C=O) groups excluding carboxylic acids is 1. The molecule has 0 aliphatic carbocycles. The summed E-state index contributed by atoms with van der Waals surface area (Å²) in [7, 11) is 0. The maximum absolute atomic E-state index is 10.5. The van der Waals surface area contributed by atoms with E-state index in [4.69, 9.17) is 0 Å². The number of esters is 1. The minimum atomic E-state index is -1.25. The molecule has 58 valence electrons. The fourth-order valence-corrected chi connectivity index (χ4v) is 0.349. The van der Waals surface area contributed by atoms with Crippen LogP contribution in [0, 0.1) is 10.1 Å². The normalized spacial score (nSPS) is 12.2. The van der Waals surface area contributed by atoms with Crippen molar-refractivity contribution in [3.05, 3.63) is 10.1 Å². The highest BCUT2D eigenvalue weighted by Crippen LogP contribution is 1.91. The number of nitrogens with zero attached hydrogens (tertiary/aromatic N) is 1.